The lowest BCUT2D eigenvalue weighted by atomic mass is 10.1. The van der Waals surface area contributed by atoms with Gasteiger partial charge in [-0.1, -0.05) is 6.07 Å². The second kappa shape index (κ2) is 8.21. The molecule has 120 valence electrons. The maximum Gasteiger partial charge on any atom is 0.208 e. The fraction of sp³-hybridized carbons (Fsp3) is 0.571. The number of sulfonamides is 1. The SMILES string of the molecule is COc1ccc(C(C)NCCCNS(C)(=O)=O)c(OC)c1. The van der Waals surface area contributed by atoms with E-state index in [4.69, 9.17) is 9.47 Å². The van der Waals surface area contributed by atoms with Gasteiger partial charge in [0.2, 0.25) is 10.0 Å². The summed E-state index contributed by atoms with van der Waals surface area (Å²) in [6.07, 6.45) is 1.88. The molecule has 0 spiro atoms. The van der Waals surface area contributed by atoms with Gasteiger partial charge < -0.3 is 14.8 Å². The van der Waals surface area contributed by atoms with Crippen LogP contribution in [-0.2, 0) is 10.0 Å². The van der Waals surface area contributed by atoms with E-state index in [0.29, 0.717) is 13.1 Å². The van der Waals surface area contributed by atoms with Crippen molar-refractivity contribution in [3.8, 4) is 11.5 Å². The third-order valence-corrected chi connectivity index (χ3v) is 3.80. The standard InChI is InChI=1S/C14H24N2O4S/c1-11(15-8-5-9-16-21(4,17)18)13-7-6-12(19-2)10-14(13)20-3/h6-7,10-11,15-16H,5,8-9H2,1-4H3. The van der Waals surface area contributed by atoms with Gasteiger partial charge in [-0.2, -0.15) is 0 Å². The van der Waals surface area contributed by atoms with Crippen molar-refractivity contribution < 1.29 is 17.9 Å². The van der Waals surface area contributed by atoms with Gasteiger partial charge in [0.25, 0.3) is 0 Å². The summed E-state index contributed by atoms with van der Waals surface area (Å²) in [4.78, 5) is 0. The summed E-state index contributed by atoms with van der Waals surface area (Å²) in [7, 11) is 0.135. The lowest BCUT2D eigenvalue weighted by molar-refractivity contribution is 0.386. The zero-order chi connectivity index (χ0) is 15.9. The summed E-state index contributed by atoms with van der Waals surface area (Å²) in [5.41, 5.74) is 1.04. The Hall–Kier alpha value is -1.31. The molecule has 1 aromatic rings. The Kier molecular flexibility index (Phi) is 6.94. The molecule has 0 aromatic heterocycles. The van der Waals surface area contributed by atoms with Gasteiger partial charge >= 0.3 is 0 Å². The van der Waals surface area contributed by atoms with E-state index >= 15 is 0 Å². The number of ether oxygens (including phenoxy) is 2. The molecule has 21 heavy (non-hydrogen) atoms. The Labute approximate surface area is 126 Å². The summed E-state index contributed by atoms with van der Waals surface area (Å²) < 4.78 is 34.9. The lowest BCUT2D eigenvalue weighted by Crippen LogP contribution is -2.27. The normalized spacial score (nSPS) is 13.0. The maximum atomic E-state index is 10.9. The third-order valence-electron chi connectivity index (χ3n) is 3.08. The maximum absolute atomic E-state index is 10.9. The van der Waals surface area contributed by atoms with Gasteiger partial charge in [-0.15, -0.1) is 0 Å². The summed E-state index contributed by atoms with van der Waals surface area (Å²) in [5, 5.41) is 3.34. The second-order valence-electron chi connectivity index (χ2n) is 4.80. The Morgan fingerprint density at radius 3 is 2.48 bits per heavy atom. The number of nitrogens with one attached hydrogen (secondary N) is 2. The number of hydrogen-bond donors (Lipinski definition) is 2. The van der Waals surface area contributed by atoms with Crippen LogP contribution >= 0.6 is 0 Å². The fourth-order valence-corrected chi connectivity index (χ4v) is 2.47. The molecule has 0 heterocycles. The topological polar surface area (TPSA) is 76.7 Å². The molecule has 1 aromatic carbocycles. The Bertz CT molecular complexity index is 546. The highest BCUT2D eigenvalue weighted by Gasteiger charge is 2.11. The average Bonchev–Trinajstić information content (AvgIpc) is 2.44. The highest BCUT2D eigenvalue weighted by atomic mass is 32.2. The van der Waals surface area contributed by atoms with Crippen molar-refractivity contribution in [3.63, 3.8) is 0 Å². The molecule has 1 unspecified atom stereocenters. The summed E-state index contributed by atoms with van der Waals surface area (Å²) in [5.74, 6) is 1.52. The zero-order valence-corrected chi connectivity index (χ0v) is 13.8. The van der Waals surface area contributed by atoms with Crippen molar-refractivity contribution in [2.75, 3.05) is 33.6 Å². The monoisotopic (exact) mass is 316 g/mol. The first kappa shape index (κ1) is 17.7. The van der Waals surface area contributed by atoms with Crippen LogP contribution in [0, 0.1) is 0 Å². The molecule has 1 atom stereocenters. The molecule has 2 N–H and O–H groups in total. The van der Waals surface area contributed by atoms with Gasteiger partial charge in [0.15, 0.2) is 0 Å². The molecular formula is C14H24N2O4S. The van der Waals surface area contributed by atoms with E-state index in [0.717, 1.165) is 29.7 Å². The predicted octanol–water partition coefficient (Wildman–Crippen LogP) is 1.29. The van der Waals surface area contributed by atoms with Crippen molar-refractivity contribution in [1.82, 2.24) is 10.0 Å². The van der Waals surface area contributed by atoms with E-state index in [-0.39, 0.29) is 6.04 Å². The van der Waals surface area contributed by atoms with Crippen molar-refractivity contribution in [3.05, 3.63) is 23.8 Å². The van der Waals surface area contributed by atoms with E-state index in [1.807, 2.05) is 25.1 Å². The van der Waals surface area contributed by atoms with Gasteiger partial charge in [0, 0.05) is 24.2 Å². The molecule has 0 fully saturated rings. The van der Waals surface area contributed by atoms with Gasteiger partial charge in [0.05, 0.1) is 20.5 Å². The molecule has 0 aliphatic carbocycles. The molecule has 6 nitrogen and oxygen atoms in total. The van der Waals surface area contributed by atoms with Crippen molar-refractivity contribution in [1.29, 1.82) is 0 Å². The molecule has 0 saturated carbocycles. The summed E-state index contributed by atoms with van der Waals surface area (Å²) in [6, 6.07) is 5.80. The zero-order valence-electron chi connectivity index (χ0n) is 13.0. The lowest BCUT2D eigenvalue weighted by Gasteiger charge is -2.18. The van der Waals surface area contributed by atoms with Crippen molar-refractivity contribution >= 4 is 10.0 Å². The van der Waals surface area contributed by atoms with Gasteiger partial charge in [0.1, 0.15) is 11.5 Å². The molecule has 7 heteroatoms. The molecule has 0 saturated heterocycles. The Balaban J connectivity index is 2.50. The smallest absolute Gasteiger partial charge is 0.208 e. The summed E-state index contributed by atoms with van der Waals surface area (Å²) in [6.45, 7) is 3.17. The number of methoxy groups -OCH3 is 2. The second-order valence-corrected chi connectivity index (χ2v) is 6.64. The minimum atomic E-state index is -3.11. The predicted molar refractivity (Wildman–Crippen MR) is 83.4 cm³/mol. The molecule has 0 aliphatic rings. The molecular weight excluding hydrogens is 292 g/mol. The van der Waals surface area contributed by atoms with E-state index in [2.05, 4.69) is 10.0 Å². The molecule has 0 radical (unpaired) electrons. The van der Waals surface area contributed by atoms with Crippen LogP contribution in [-0.4, -0.2) is 42.0 Å². The highest BCUT2D eigenvalue weighted by molar-refractivity contribution is 7.88. The van der Waals surface area contributed by atoms with Crippen LogP contribution in [0.1, 0.15) is 24.9 Å². The van der Waals surface area contributed by atoms with Crippen LogP contribution < -0.4 is 19.5 Å². The van der Waals surface area contributed by atoms with Crippen LogP contribution in [0.15, 0.2) is 18.2 Å². The van der Waals surface area contributed by atoms with Crippen LogP contribution in [0.2, 0.25) is 0 Å². The van der Waals surface area contributed by atoms with Crippen LogP contribution in [0.5, 0.6) is 11.5 Å². The third kappa shape index (κ3) is 6.33. The van der Waals surface area contributed by atoms with Gasteiger partial charge in [-0.05, 0) is 26.0 Å². The molecule has 0 bridgehead atoms. The number of benzene rings is 1. The average molecular weight is 316 g/mol. The number of hydrogen-bond acceptors (Lipinski definition) is 5. The Morgan fingerprint density at radius 1 is 1.19 bits per heavy atom. The number of rotatable bonds is 9. The van der Waals surface area contributed by atoms with E-state index in [1.54, 1.807) is 14.2 Å². The quantitative estimate of drug-likeness (QED) is 0.672. The molecule has 0 amide bonds. The Morgan fingerprint density at radius 2 is 1.90 bits per heavy atom. The molecule has 0 aliphatic heterocycles. The van der Waals surface area contributed by atoms with E-state index in [9.17, 15) is 8.42 Å². The minimum Gasteiger partial charge on any atom is -0.497 e. The van der Waals surface area contributed by atoms with Crippen LogP contribution in [0.4, 0.5) is 0 Å². The van der Waals surface area contributed by atoms with Gasteiger partial charge in [-0.25, -0.2) is 13.1 Å². The minimum absolute atomic E-state index is 0.101. The highest BCUT2D eigenvalue weighted by Crippen LogP contribution is 2.29. The first-order valence-corrected chi connectivity index (χ1v) is 8.66. The van der Waals surface area contributed by atoms with Crippen LogP contribution in [0.3, 0.4) is 0 Å². The first-order valence-electron chi connectivity index (χ1n) is 6.77. The van der Waals surface area contributed by atoms with Crippen LogP contribution in [0.25, 0.3) is 0 Å². The van der Waals surface area contributed by atoms with E-state index in [1.165, 1.54) is 0 Å². The van der Waals surface area contributed by atoms with Gasteiger partial charge in [-0.3, -0.25) is 0 Å². The first-order chi connectivity index (χ1) is 9.87. The molecule has 1 rings (SSSR count). The van der Waals surface area contributed by atoms with E-state index < -0.39 is 10.0 Å². The largest absolute Gasteiger partial charge is 0.497 e. The van der Waals surface area contributed by atoms with Crippen molar-refractivity contribution in [2.24, 2.45) is 0 Å². The summed E-state index contributed by atoms with van der Waals surface area (Å²) >= 11 is 0. The fourth-order valence-electron chi connectivity index (χ4n) is 1.95. The van der Waals surface area contributed by atoms with Crippen molar-refractivity contribution in [2.45, 2.75) is 19.4 Å².